The molecule has 6 nitrogen and oxygen atoms in total. The molecule has 106 valence electrons. The number of anilines is 1. The predicted molar refractivity (Wildman–Crippen MR) is 76.5 cm³/mol. The van der Waals surface area contributed by atoms with E-state index < -0.39 is 0 Å². The minimum atomic E-state index is 0.346. The standard InChI is InChI=1S/C13H16ClN5O/c1-3-20-8-13-18-11(14)6-12(19-13)16-7-10-4-5-15-9(2)17-10/h4-6H,3,7-8H2,1-2H3,(H,16,18,19). The molecule has 0 bridgehead atoms. The van der Waals surface area contributed by atoms with Crippen LogP contribution in [0.2, 0.25) is 5.15 Å². The Morgan fingerprint density at radius 3 is 2.90 bits per heavy atom. The van der Waals surface area contributed by atoms with Gasteiger partial charge in [-0.05, 0) is 19.9 Å². The Kier molecular flexibility index (Phi) is 5.20. The third-order valence-corrected chi connectivity index (χ3v) is 2.65. The second-order valence-corrected chi connectivity index (χ2v) is 4.47. The Balaban J connectivity index is 2.03. The monoisotopic (exact) mass is 293 g/mol. The average Bonchev–Trinajstić information content (AvgIpc) is 2.42. The van der Waals surface area contributed by atoms with Crippen LogP contribution in [-0.4, -0.2) is 26.5 Å². The topological polar surface area (TPSA) is 72.8 Å². The van der Waals surface area contributed by atoms with Gasteiger partial charge in [-0.25, -0.2) is 19.9 Å². The zero-order valence-electron chi connectivity index (χ0n) is 11.4. The van der Waals surface area contributed by atoms with Crippen LogP contribution in [0.3, 0.4) is 0 Å². The van der Waals surface area contributed by atoms with Crippen molar-refractivity contribution in [1.82, 2.24) is 19.9 Å². The number of halogens is 1. The van der Waals surface area contributed by atoms with Gasteiger partial charge >= 0.3 is 0 Å². The molecule has 0 amide bonds. The van der Waals surface area contributed by atoms with Crippen LogP contribution in [0.15, 0.2) is 18.3 Å². The lowest BCUT2D eigenvalue weighted by molar-refractivity contribution is 0.128. The maximum absolute atomic E-state index is 5.96. The van der Waals surface area contributed by atoms with Crippen LogP contribution in [0.1, 0.15) is 24.3 Å². The van der Waals surface area contributed by atoms with E-state index in [1.54, 1.807) is 12.3 Å². The number of nitrogens with zero attached hydrogens (tertiary/aromatic N) is 4. The fourth-order valence-electron chi connectivity index (χ4n) is 1.60. The zero-order chi connectivity index (χ0) is 14.4. The lowest BCUT2D eigenvalue weighted by Crippen LogP contribution is -2.07. The zero-order valence-corrected chi connectivity index (χ0v) is 12.2. The van der Waals surface area contributed by atoms with Crippen molar-refractivity contribution in [2.24, 2.45) is 0 Å². The van der Waals surface area contributed by atoms with Crippen LogP contribution in [-0.2, 0) is 17.9 Å². The number of aryl methyl sites for hydroxylation is 1. The Labute approximate surface area is 122 Å². The predicted octanol–water partition coefficient (Wildman–Crippen LogP) is 2.38. The largest absolute Gasteiger partial charge is 0.374 e. The summed E-state index contributed by atoms with van der Waals surface area (Å²) in [5.74, 6) is 1.94. The van der Waals surface area contributed by atoms with E-state index in [0.717, 1.165) is 11.5 Å². The number of hydrogen-bond donors (Lipinski definition) is 1. The Bertz CT molecular complexity index is 578. The molecule has 0 spiro atoms. The summed E-state index contributed by atoms with van der Waals surface area (Å²) in [6.45, 7) is 5.27. The highest BCUT2D eigenvalue weighted by atomic mass is 35.5. The first-order valence-corrected chi connectivity index (χ1v) is 6.68. The van der Waals surface area contributed by atoms with Crippen LogP contribution in [0.5, 0.6) is 0 Å². The van der Waals surface area contributed by atoms with E-state index in [1.165, 1.54) is 0 Å². The Morgan fingerprint density at radius 2 is 2.15 bits per heavy atom. The molecule has 2 rings (SSSR count). The Morgan fingerprint density at radius 1 is 1.30 bits per heavy atom. The van der Waals surface area contributed by atoms with Crippen molar-refractivity contribution in [2.75, 3.05) is 11.9 Å². The van der Waals surface area contributed by atoms with E-state index in [2.05, 4.69) is 25.3 Å². The fraction of sp³-hybridized carbons (Fsp3) is 0.385. The van der Waals surface area contributed by atoms with Gasteiger partial charge in [0.2, 0.25) is 0 Å². The summed E-state index contributed by atoms with van der Waals surface area (Å²) < 4.78 is 5.28. The van der Waals surface area contributed by atoms with Gasteiger partial charge < -0.3 is 10.1 Å². The molecule has 0 saturated heterocycles. The maximum atomic E-state index is 5.96. The van der Waals surface area contributed by atoms with Gasteiger partial charge in [0.1, 0.15) is 23.4 Å². The number of nitrogens with one attached hydrogen (secondary N) is 1. The van der Waals surface area contributed by atoms with E-state index in [0.29, 0.717) is 36.6 Å². The van der Waals surface area contributed by atoms with Crippen LogP contribution < -0.4 is 5.32 Å². The van der Waals surface area contributed by atoms with E-state index in [-0.39, 0.29) is 0 Å². The highest BCUT2D eigenvalue weighted by molar-refractivity contribution is 6.29. The van der Waals surface area contributed by atoms with Crippen molar-refractivity contribution >= 4 is 17.4 Å². The fourth-order valence-corrected chi connectivity index (χ4v) is 1.80. The molecule has 0 fully saturated rings. The van der Waals surface area contributed by atoms with Crippen LogP contribution in [0, 0.1) is 6.92 Å². The Hall–Kier alpha value is -1.79. The molecule has 0 unspecified atom stereocenters. The van der Waals surface area contributed by atoms with E-state index >= 15 is 0 Å². The highest BCUT2D eigenvalue weighted by Gasteiger charge is 2.04. The third-order valence-electron chi connectivity index (χ3n) is 2.46. The van der Waals surface area contributed by atoms with Gasteiger partial charge in [-0.2, -0.15) is 0 Å². The lowest BCUT2D eigenvalue weighted by atomic mass is 10.4. The van der Waals surface area contributed by atoms with Gasteiger partial charge in [0.15, 0.2) is 5.82 Å². The lowest BCUT2D eigenvalue weighted by Gasteiger charge is -2.08. The first-order chi connectivity index (χ1) is 9.67. The minimum Gasteiger partial charge on any atom is -0.374 e. The van der Waals surface area contributed by atoms with Crippen molar-refractivity contribution in [3.63, 3.8) is 0 Å². The summed E-state index contributed by atoms with van der Waals surface area (Å²) in [6, 6.07) is 3.52. The maximum Gasteiger partial charge on any atom is 0.158 e. The number of aromatic nitrogens is 4. The van der Waals surface area contributed by atoms with Crippen LogP contribution in [0.4, 0.5) is 5.82 Å². The molecular weight excluding hydrogens is 278 g/mol. The summed E-state index contributed by atoms with van der Waals surface area (Å²) in [4.78, 5) is 16.8. The molecule has 7 heteroatoms. The molecule has 0 aliphatic rings. The van der Waals surface area contributed by atoms with Gasteiger partial charge in [0.05, 0.1) is 12.2 Å². The number of ether oxygens (including phenoxy) is 1. The van der Waals surface area contributed by atoms with Crippen LogP contribution >= 0.6 is 11.6 Å². The second kappa shape index (κ2) is 7.12. The quantitative estimate of drug-likeness (QED) is 0.824. The third kappa shape index (κ3) is 4.40. The first kappa shape index (κ1) is 14.6. The van der Waals surface area contributed by atoms with Crippen molar-refractivity contribution in [3.8, 4) is 0 Å². The molecular formula is C13H16ClN5O. The number of rotatable bonds is 6. The van der Waals surface area contributed by atoms with Gasteiger partial charge in [0.25, 0.3) is 0 Å². The molecule has 1 N–H and O–H groups in total. The molecule has 0 aliphatic carbocycles. The first-order valence-electron chi connectivity index (χ1n) is 6.31. The molecule has 0 aromatic carbocycles. The van der Waals surface area contributed by atoms with E-state index in [4.69, 9.17) is 16.3 Å². The van der Waals surface area contributed by atoms with Crippen LogP contribution in [0.25, 0.3) is 0 Å². The van der Waals surface area contributed by atoms with Gasteiger partial charge in [0, 0.05) is 18.9 Å². The molecule has 2 aromatic heterocycles. The molecule has 0 radical (unpaired) electrons. The summed E-state index contributed by atoms with van der Waals surface area (Å²) in [7, 11) is 0. The summed E-state index contributed by atoms with van der Waals surface area (Å²) in [6.07, 6.45) is 1.73. The molecule has 20 heavy (non-hydrogen) atoms. The molecule has 0 atom stereocenters. The molecule has 2 heterocycles. The minimum absolute atomic E-state index is 0.346. The SMILES string of the molecule is CCOCc1nc(Cl)cc(NCc2ccnc(C)n2)n1. The smallest absolute Gasteiger partial charge is 0.158 e. The molecule has 2 aromatic rings. The van der Waals surface area contributed by atoms with Gasteiger partial charge in [-0.3, -0.25) is 0 Å². The normalized spacial score (nSPS) is 10.6. The highest BCUT2D eigenvalue weighted by Crippen LogP contribution is 2.13. The van der Waals surface area contributed by atoms with E-state index in [9.17, 15) is 0 Å². The van der Waals surface area contributed by atoms with E-state index in [1.807, 2.05) is 19.9 Å². The van der Waals surface area contributed by atoms with Gasteiger partial charge in [-0.1, -0.05) is 11.6 Å². The summed E-state index contributed by atoms with van der Waals surface area (Å²) >= 11 is 5.96. The number of hydrogen-bond acceptors (Lipinski definition) is 6. The molecule has 0 saturated carbocycles. The molecule has 0 aliphatic heterocycles. The average molecular weight is 294 g/mol. The van der Waals surface area contributed by atoms with Crippen molar-refractivity contribution in [1.29, 1.82) is 0 Å². The summed E-state index contributed by atoms with van der Waals surface area (Å²) in [5.41, 5.74) is 0.888. The van der Waals surface area contributed by atoms with Crippen molar-refractivity contribution in [3.05, 3.63) is 40.8 Å². The van der Waals surface area contributed by atoms with Crippen molar-refractivity contribution < 1.29 is 4.74 Å². The van der Waals surface area contributed by atoms with Crippen molar-refractivity contribution in [2.45, 2.75) is 27.0 Å². The summed E-state index contributed by atoms with van der Waals surface area (Å²) in [5, 5.41) is 3.55. The van der Waals surface area contributed by atoms with Gasteiger partial charge in [-0.15, -0.1) is 0 Å². The second-order valence-electron chi connectivity index (χ2n) is 4.08.